The van der Waals surface area contributed by atoms with Gasteiger partial charge in [-0.3, -0.25) is 19.7 Å². The quantitative estimate of drug-likeness (QED) is 0.265. The maximum Gasteiger partial charge on any atom is 0.266 e. The molecule has 228 valence electrons. The zero-order chi connectivity index (χ0) is 30.2. The molecular formula is C32H39N5O5S. The average Bonchev–Trinajstić information content (AvgIpc) is 3.55. The van der Waals surface area contributed by atoms with E-state index in [4.69, 9.17) is 14.3 Å². The number of anilines is 1. The van der Waals surface area contributed by atoms with Crippen LogP contribution in [0.5, 0.6) is 0 Å². The lowest BCUT2D eigenvalue weighted by molar-refractivity contribution is -0.131. The number of nitrogens with zero attached hydrogens (tertiary/aromatic N) is 4. The van der Waals surface area contributed by atoms with Crippen molar-refractivity contribution in [3.63, 3.8) is 0 Å². The minimum atomic E-state index is -4.06. The number of ether oxygens (including phenoxy) is 1. The summed E-state index contributed by atoms with van der Waals surface area (Å²) in [5.74, 6) is 1.07. The van der Waals surface area contributed by atoms with Crippen molar-refractivity contribution < 1.29 is 22.5 Å². The molecule has 43 heavy (non-hydrogen) atoms. The Balaban J connectivity index is 1.33. The number of carbonyl (C=O) groups is 1. The predicted molar refractivity (Wildman–Crippen MR) is 163 cm³/mol. The first-order chi connectivity index (χ1) is 20.7. The van der Waals surface area contributed by atoms with Gasteiger partial charge in [-0.05, 0) is 69.2 Å². The van der Waals surface area contributed by atoms with Gasteiger partial charge in [0.15, 0.2) is 0 Å². The summed E-state index contributed by atoms with van der Waals surface area (Å²) in [6, 6.07) is 8.98. The molecule has 0 bridgehead atoms. The maximum absolute atomic E-state index is 13.7. The van der Waals surface area contributed by atoms with Gasteiger partial charge in [-0.15, -0.1) is 0 Å². The van der Waals surface area contributed by atoms with Gasteiger partial charge in [-0.1, -0.05) is 49.5 Å². The Kier molecular flexibility index (Phi) is 8.12. The number of sulfonamides is 1. The number of hydrogen-bond acceptors (Lipinski definition) is 8. The summed E-state index contributed by atoms with van der Waals surface area (Å²) >= 11 is 0. The highest BCUT2D eigenvalue weighted by molar-refractivity contribution is 7.92. The van der Waals surface area contributed by atoms with Gasteiger partial charge in [-0.2, -0.15) is 0 Å². The summed E-state index contributed by atoms with van der Waals surface area (Å²) in [5.41, 5.74) is 3.38. The second-order valence-corrected chi connectivity index (χ2v) is 13.6. The lowest BCUT2D eigenvalue weighted by Gasteiger charge is -2.23. The highest BCUT2D eigenvalue weighted by Gasteiger charge is 2.49. The summed E-state index contributed by atoms with van der Waals surface area (Å²) < 4.78 is 41.1. The van der Waals surface area contributed by atoms with Crippen molar-refractivity contribution in [2.45, 2.75) is 108 Å². The van der Waals surface area contributed by atoms with E-state index < -0.39 is 15.6 Å². The van der Waals surface area contributed by atoms with Crippen molar-refractivity contribution >= 4 is 27.7 Å². The van der Waals surface area contributed by atoms with Crippen LogP contribution in [-0.2, 0) is 32.7 Å². The molecule has 2 fully saturated rings. The van der Waals surface area contributed by atoms with Crippen molar-refractivity contribution in [1.82, 2.24) is 15.0 Å². The number of unbranched alkanes of at least 4 members (excludes halogenated alkanes) is 1. The molecule has 3 aromatic rings. The van der Waals surface area contributed by atoms with Crippen LogP contribution in [-0.4, -0.2) is 46.8 Å². The van der Waals surface area contributed by atoms with Crippen molar-refractivity contribution in [3.05, 3.63) is 58.9 Å². The molecule has 1 spiro atoms. The molecule has 1 amide bonds. The Morgan fingerprint density at radius 2 is 1.95 bits per heavy atom. The number of amides is 1. The standard InChI is InChI=1S/C32H39N5O5S/c1-4-5-10-28-34-32(15-6-7-16-32)31(38)37(28)19-23-11-14-26(24(18-23)20-41-25-12-13-25)29-27(9-8-17-33-29)43(39,40)36-30-21(2)22(3)35-42-30/h8-9,11,14,17-18,25,36H,4-7,10,12-13,15-16,19-20H2,1-3H3. The Bertz CT molecular complexity index is 1650. The molecule has 1 N–H and O–H groups in total. The Morgan fingerprint density at radius 3 is 2.65 bits per heavy atom. The van der Waals surface area contributed by atoms with Crippen LogP contribution in [0.2, 0.25) is 0 Å². The molecule has 0 saturated heterocycles. The lowest BCUT2D eigenvalue weighted by atomic mass is 9.97. The Hall–Kier alpha value is -3.57. The van der Waals surface area contributed by atoms with Gasteiger partial charge >= 0.3 is 0 Å². The Morgan fingerprint density at radius 1 is 1.16 bits per heavy atom. The maximum atomic E-state index is 13.7. The number of pyridine rings is 1. The molecule has 11 heteroatoms. The minimum absolute atomic E-state index is 0.0238. The zero-order valence-electron chi connectivity index (χ0n) is 25.1. The molecule has 2 saturated carbocycles. The largest absolute Gasteiger partial charge is 0.374 e. The second kappa shape index (κ2) is 11.8. The van der Waals surface area contributed by atoms with E-state index in [1.165, 1.54) is 6.07 Å². The third-order valence-corrected chi connectivity index (χ3v) is 10.1. The van der Waals surface area contributed by atoms with E-state index in [1.54, 1.807) is 26.1 Å². The van der Waals surface area contributed by atoms with E-state index >= 15 is 0 Å². The molecule has 3 heterocycles. The predicted octanol–water partition coefficient (Wildman–Crippen LogP) is 6.08. The monoisotopic (exact) mass is 605 g/mol. The summed E-state index contributed by atoms with van der Waals surface area (Å²) in [7, 11) is -4.06. The van der Waals surface area contributed by atoms with Gasteiger partial charge in [-0.25, -0.2) is 13.1 Å². The highest BCUT2D eigenvalue weighted by Crippen LogP contribution is 2.40. The summed E-state index contributed by atoms with van der Waals surface area (Å²) in [6.07, 6.45) is 10.3. The summed E-state index contributed by atoms with van der Waals surface area (Å²) in [6.45, 7) is 6.37. The molecular weight excluding hydrogens is 566 g/mol. The van der Waals surface area contributed by atoms with Gasteiger partial charge < -0.3 is 9.26 Å². The van der Waals surface area contributed by atoms with Crippen LogP contribution in [0, 0.1) is 13.8 Å². The van der Waals surface area contributed by atoms with Crippen molar-refractivity contribution in [3.8, 4) is 11.3 Å². The normalized spacial score (nSPS) is 18.1. The van der Waals surface area contributed by atoms with Crippen LogP contribution in [0.1, 0.15) is 87.1 Å². The molecule has 2 aliphatic carbocycles. The number of hydrogen-bond donors (Lipinski definition) is 1. The first kappa shape index (κ1) is 29.5. The molecule has 1 aliphatic heterocycles. The highest BCUT2D eigenvalue weighted by atomic mass is 32.2. The third-order valence-electron chi connectivity index (χ3n) is 8.69. The first-order valence-corrected chi connectivity index (χ1v) is 16.7. The van der Waals surface area contributed by atoms with Crippen molar-refractivity contribution in [1.29, 1.82) is 0 Å². The number of rotatable bonds is 12. The van der Waals surface area contributed by atoms with Crippen LogP contribution >= 0.6 is 0 Å². The summed E-state index contributed by atoms with van der Waals surface area (Å²) in [4.78, 5) is 25.2. The van der Waals surface area contributed by atoms with Crippen molar-refractivity contribution in [2.75, 3.05) is 4.72 Å². The fraction of sp³-hybridized carbons (Fsp3) is 0.500. The van der Waals surface area contributed by atoms with Crippen LogP contribution in [0.15, 0.2) is 50.9 Å². The molecule has 2 aromatic heterocycles. The zero-order valence-corrected chi connectivity index (χ0v) is 25.9. The molecule has 0 unspecified atom stereocenters. The number of carbonyl (C=O) groups excluding carboxylic acids is 1. The smallest absolute Gasteiger partial charge is 0.266 e. The Labute approximate surface area is 253 Å². The topological polar surface area (TPSA) is 127 Å². The number of aromatic nitrogens is 2. The van der Waals surface area contributed by atoms with Crippen LogP contribution in [0.25, 0.3) is 11.3 Å². The van der Waals surface area contributed by atoms with Gasteiger partial charge in [0.25, 0.3) is 15.9 Å². The van der Waals surface area contributed by atoms with E-state index in [0.717, 1.165) is 74.7 Å². The molecule has 0 radical (unpaired) electrons. The van der Waals surface area contributed by atoms with E-state index in [0.29, 0.717) is 35.7 Å². The van der Waals surface area contributed by atoms with Gasteiger partial charge in [0.2, 0.25) is 5.88 Å². The SMILES string of the molecule is CCCCC1=NC2(CCCC2)C(=O)N1Cc1ccc(-c2ncccc2S(=O)(=O)Nc2onc(C)c2C)c(COC2CC2)c1. The minimum Gasteiger partial charge on any atom is -0.374 e. The number of benzene rings is 1. The van der Waals surface area contributed by atoms with Crippen LogP contribution in [0.4, 0.5) is 5.88 Å². The van der Waals surface area contributed by atoms with Crippen LogP contribution < -0.4 is 4.72 Å². The number of amidine groups is 1. The van der Waals surface area contributed by atoms with E-state index in [1.807, 2.05) is 23.1 Å². The van der Waals surface area contributed by atoms with Gasteiger partial charge in [0.1, 0.15) is 16.3 Å². The third kappa shape index (κ3) is 5.97. The number of nitrogens with one attached hydrogen (secondary N) is 1. The summed E-state index contributed by atoms with van der Waals surface area (Å²) in [5, 5.41) is 3.87. The average molecular weight is 606 g/mol. The van der Waals surface area contributed by atoms with Gasteiger partial charge in [0, 0.05) is 23.7 Å². The van der Waals surface area contributed by atoms with Crippen LogP contribution in [0.3, 0.4) is 0 Å². The molecule has 0 atom stereocenters. The fourth-order valence-electron chi connectivity index (χ4n) is 5.92. The molecule has 10 nitrogen and oxygen atoms in total. The number of aliphatic imine (C=N–C) groups is 1. The lowest BCUT2D eigenvalue weighted by Crippen LogP contribution is -2.40. The molecule has 1 aromatic carbocycles. The van der Waals surface area contributed by atoms with E-state index in [9.17, 15) is 13.2 Å². The fourth-order valence-corrected chi connectivity index (χ4v) is 7.14. The number of aryl methyl sites for hydroxylation is 1. The second-order valence-electron chi connectivity index (χ2n) is 11.9. The van der Waals surface area contributed by atoms with E-state index in [-0.39, 0.29) is 22.8 Å². The first-order valence-electron chi connectivity index (χ1n) is 15.3. The molecule has 3 aliphatic rings. The van der Waals surface area contributed by atoms with Crippen molar-refractivity contribution in [2.24, 2.45) is 4.99 Å². The van der Waals surface area contributed by atoms with Gasteiger partial charge in [0.05, 0.1) is 30.6 Å². The van der Waals surface area contributed by atoms with E-state index in [2.05, 4.69) is 21.8 Å². The molecule has 6 rings (SSSR count).